The van der Waals surface area contributed by atoms with E-state index in [2.05, 4.69) is 10.3 Å². The van der Waals surface area contributed by atoms with Gasteiger partial charge in [-0.3, -0.25) is 9.59 Å². The summed E-state index contributed by atoms with van der Waals surface area (Å²) in [4.78, 5) is 23.5. The van der Waals surface area contributed by atoms with Gasteiger partial charge in [0.25, 0.3) is 5.56 Å². The molecule has 1 aromatic carbocycles. The second-order valence-electron chi connectivity index (χ2n) is 4.27. The first kappa shape index (κ1) is 15.5. The Morgan fingerprint density at radius 2 is 2.24 bits per heavy atom. The Balaban J connectivity index is 2.00. The lowest BCUT2D eigenvalue weighted by atomic mass is 10.2. The molecule has 8 heteroatoms. The lowest BCUT2D eigenvalue weighted by molar-refractivity contribution is -0.144. The average molecular weight is 308 g/mol. The number of benzene rings is 1. The van der Waals surface area contributed by atoms with Gasteiger partial charge in [-0.2, -0.15) is 0 Å². The topological polar surface area (TPSA) is 100 Å². The van der Waals surface area contributed by atoms with Crippen LogP contribution in [0, 0.1) is 0 Å². The van der Waals surface area contributed by atoms with E-state index in [0.717, 1.165) is 0 Å². The van der Waals surface area contributed by atoms with Crippen molar-refractivity contribution in [3.63, 3.8) is 0 Å². The number of rotatable bonds is 6. The molecule has 7 nitrogen and oxygen atoms in total. The van der Waals surface area contributed by atoms with Crippen LogP contribution in [0.2, 0.25) is 0 Å². The van der Waals surface area contributed by atoms with Crippen LogP contribution in [0.1, 0.15) is 6.92 Å². The maximum Gasteiger partial charge on any atom is 0.323 e. The Morgan fingerprint density at radius 1 is 1.48 bits per heavy atom. The fourth-order valence-corrected chi connectivity index (χ4v) is 2.53. The highest BCUT2D eigenvalue weighted by Crippen LogP contribution is 2.07. The van der Waals surface area contributed by atoms with Crippen LogP contribution in [0.4, 0.5) is 0 Å². The minimum atomic E-state index is -0.709. The molecule has 0 saturated heterocycles. The number of nitrogens with zero attached hydrogens (tertiary/aromatic N) is 3. The highest BCUT2D eigenvalue weighted by Gasteiger charge is 2.14. The van der Waals surface area contributed by atoms with Gasteiger partial charge in [0.1, 0.15) is 11.6 Å². The summed E-state index contributed by atoms with van der Waals surface area (Å²) in [6.45, 7) is 2.02. The van der Waals surface area contributed by atoms with E-state index in [-0.39, 0.29) is 11.4 Å². The Bertz CT molecular complexity index is 688. The SMILES string of the molecule is CCOC(=O)C(N)CSCn1nnc2ccccc2c1=O. The molecule has 1 unspecified atom stereocenters. The van der Waals surface area contributed by atoms with E-state index in [4.69, 9.17) is 10.5 Å². The lowest BCUT2D eigenvalue weighted by Gasteiger charge is -2.10. The van der Waals surface area contributed by atoms with Gasteiger partial charge in [0.15, 0.2) is 0 Å². The van der Waals surface area contributed by atoms with Crippen molar-refractivity contribution >= 4 is 28.6 Å². The summed E-state index contributed by atoms with van der Waals surface area (Å²) in [7, 11) is 0. The molecule has 2 N–H and O–H groups in total. The number of ether oxygens (including phenoxy) is 1. The molecule has 1 atom stereocenters. The summed E-state index contributed by atoms with van der Waals surface area (Å²) in [6, 6.07) is 6.31. The molecular weight excluding hydrogens is 292 g/mol. The molecule has 0 saturated carbocycles. The molecule has 112 valence electrons. The zero-order chi connectivity index (χ0) is 15.2. The van der Waals surface area contributed by atoms with Crippen molar-refractivity contribution in [1.82, 2.24) is 15.0 Å². The predicted octanol–water partition coefficient (Wildman–Crippen LogP) is 0.373. The minimum Gasteiger partial charge on any atom is -0.465 e. The fourth-order valence-electron chi connectivity index (χ4n) is 1.69. The molecule has 0 spiro atoms. The summed E-state index contributed by atoms with van der Waals surface area (Å²) in [5.74, 6) is 0.186. The highest BCUT2D eigenvalue weighted by atomic mass is 32.2. The van der Waals surface area contributed by atoms with Crippen molar-refractivity contribution in [3.05, 3.63) is 34.6 Å². The maximum atomic E-state index is 12.2. The van der Waals surface area contributed by atoms with Crippen LogP contribution in [-0.2, 0) is 15.4 Å². The maximum absolute atomic E-state index is 12.2. The van der Waals surface area contributed by atoms with Gasteiger partial charge in [0, 0.05) is 5.75 Å². The number of hydrogen-bond donors (Lipinski definition) is 1. The first-order valence-corrected chi connectivity index (χ1v) is 7.61. The van der Waals surface area contributed by atoms with Crippen LogP contribution in [0.5, 0.6) is 0 Å². The smallest absolute Gasteiger partial charge is 0.323 e. The van der Waals surface area contributed by atoms with Crippen molar-refractivity contribution in [2.24, 2.45) is 5.73 Å². The number of hydrogen-bond acceptors (Lipinski definition) is 7. The van der Waals surface area contributed by atoms with Crippen LogP contribution < -0.4 is 11.3 Å². The summed E-state index contributed by atoms with van der Waals surface area (Å²) < 4.78 is 6.07. The number of thioether (sulfide) groups is 1. The van der Waals surface area contributed by atoms with Gasteiger partial charge in [-0.15, -0.1) is 16.9 Å². The van der Waals surface area contributed by atoms with Gasteiger partial charge < -0.3 is 10.5 Å². The van der Waals surface area contributed by atoms with E-state index in [1.165, 1.54) is 16.4 Å². The normalized spacial score (nSPS) is 12.3. The number of aromatic nitrogens is 3. The molecule has 0 aliphatic heterocycles. The molecule has 2 rings (SSSR count). The quantitative estimate of drug-likeness (QED) is 0.770. The van der Waals surface area contributed by atoms with Crippen LogP contribution in [0.15, 0.2) is 29.1 Å². The van der Waals surface area contributed by atoms with E-state index in [1.807, 2.05) is 0 Å². The Labute approximate surface area is 125 Å². The van der Waals surface area contributed by atoms with Crippen LogP contribution in [0.25, 0.3) is 10.9 Å². The van der Waals surface area contributed by atoms with Gasteiger partial charge in [-0.1, -0.05) is 17.3 Å². The zero-order valence-electron chi connectivity index (χ0n) is 11.6. The Hall–Kier alpha value is -1.93. The molecule has 0 fully saturated rings. The van der Waals surface area contributed by atoms with Crippen LogP contribution >= 0.6 is 11.8 Å². The van der Waals surface area contributed by atoms with Gasteiger partial charge in [0.05, 0.1) is 17.9 Å². The van der Waals surface area contributed by atoms with Crippen molar-refractivity contribution < 1.29 is 9.53 Å². The lowest BCUT2D eigenvalue weighted by Crippen LogP contribution is -2.35. The summed E-state index contributed by atoms with van der Waals surface area (Å²) in [5, 5.41) is 8.36. The molecular formula is C13H16N4O3S. The monoisotopic (exact) mass is 308 g/mol. The predicted molar refractivity (Wildman–Crippen MR) is 80.9 cm³/mol. The number of nitrogens with two attached hydrogens (primary N) is 1. The fraction of sp³-hybridized carbons (Fsp3) is 0.385. The molecule has 0 amide bonds. The third-order valence-electron chi connectivity index (χ3n) is 2.73. The summed E-state index contributed by atoms with van der Waals surface area (Å²) >= 11 is 1.33. The molecule has 21 heavy (non-hydrogen) atoms. The van der Waals surface area contributed by atoms with Crippen molar-refractivity contribution in [3.8, 4) is 0 Å². The molecule has 0 aliphatic carbocycles. The van der Waals surface area contributed by atoms with Crippen LogP contribution in [-0.4, -0.2) is 39.4 Å². The van der Waals surface area contributed by atoms with Crippen molar-refractivity contribution in [1.29, 1.82) is 0 Å². The standard InChI is InChI=1S/C13H16N4O3S/c1-2-20-13(19)10(14)7-21-8-17-12(18)9-5-3-4-6-11(9)15-16-17/h3-6,10H,2,7-8,14H2,1H3. The van der Waals surface area contributed by atoms with Gasteiger partial charge >= 0.3 is 5.97 Å². The Kier molecular flexibility index (Phi) is 5.29. The van der Waals surface area contributed by atoms with Gasteiger partial charge in [-0.25, -0.2) is 4.68 Å². The zero-order valence-corrected chi connectivity index (χ0v) is 12.4. The molecule has 0 bridgehead atoms. The molecule has 0 aliphatic rings. The largest absolute Gasteiger partial charge is 0.465 e. The molecule has 1 aromatic heterocycles. The number of carbonyl (C=O) groups is 1. The Morgan fingerprint density at radius 3 is 3.00 bits per heavy atom. The van der Waals surface area contributed by atoms with E-state index in [9.17, 15) is 9.59 Å². The third kappa shape index (κ3) is 3.79. The summed E-state index contributed by atoms with van der Waals surface area (Å²) in [6.07, 6.45) is 0. The van der Waals surface area contributed by atoms with Crippen molar-refractivity contribution in [2.45, 2.75) is 18.8 Å². The third-order valence-corrected chi connectivity index (χ3v) is 3.75. The molecule has 1 heterocycles. The number of fused-ring (bicyclic) bond motifs is 1. The number of esters is 1. The molecule has 0 radical (unpaired) electrons. The second kappa shape index (κ2) is 7.19. The first-order valence-electron chi connectivity index (χ1n) is 6.46. The van der Waals surface area contributed by atoms with E-state index >= 15 is 0 Å². The van der Waals surface area contributed by atoms with Gasteiger partial charge in [0.2, 0.25) is 0 Å². The van der Waals surface area contributed by atoms with E-state index in [1.54, 1.807) is 31.2 Å². The van der Waals surface area contributed by atoms with Crippen LogP contribution in [0.3, 0.4) is 0 Å². The molecule has 2 aromatic rings. The second-order valence-corrected chi connectivity index (χ2v) is 5.27. The first-order chi connectivity index (χ1) is 10.1. The van der Waals surface area contributed by atoms with Gasteiger partial charge in [-0.05, 0) is 19.1 Å². The highest BCUT2D eigenvalue weighted by molar-refractivity contribution is 7.98. The van der Waals surface area contributed by atoms with E-state index < -0.39 is 12.0 Å². The van der Waals surface area contributed by atoms with Crippen molar-refractivity contribution in [2.75, 3.05) is 12.4 Å². The van der Waals surface area contributed by atoms with E-state index in [0.29, 0.717) is 23.3 Å². The average Bonchev–Trinajstić information content (AvgIpc) is 2.50. The summed E-state index contributed by atoms with van der Waals surface area (Å²) in [5.41, 5.74) is 6.03. The number of carbonyl (C=O) groups excluding carboxylic acids is 1. The minimum absolute atomic E-state index is 0.210.